The molecule has 1 fully saturated rings. The number of rotatable bonds is 5. The molecule has 160 valence electrons. The minimum Gasteiger partial charge on any atom is -0.505 e. The lowest BCUT2D eigenvalue weighted by molar-refractivity contribution is 0.0968. The number of nitrogen functional groups attached to an aromatic ring is 1. The molecule has 6 nitrogen and oxygen atoms in total. The van der Waals surface area contributed by atoms with Crippen molar-refractivity contribution in [2.24, 2.45) is 5.92 Å². The molecular formula is C24H18Cl2N4O2. The van der Waals surface area contributed by atoms with Gasteiger partial charge in [-0.25, -0.2) is 4.98 Å². The summed E-state index contributed by atoms with van der Waals surface area (Å²) in [7, 11) is 0. The van der Waals surface area contributed by atoms with Crippen molar-refractivity contribution in [2.75, 3.05) is 11.1 Å². The third-order valence-electron chi connectivity index (χ3n) is 5.49. The van der Waals surface area contributed by atoms with Gasteiger partial charge in [0.05, 0.1) is 38.7 Å². The Labute approximate surface area is 194 Å². The van der Waals surface area contributed by atoms with Crippen molar-refractivity contribution < 1.29 is 9.90 Å². The first-order valence-corrected chi connectivity index (χ1v) is 10.8. The van der Waals surface area contributed by atoms with Gasteiger partial charge in [0, 0.05) is 17.5 Å². The van der Waals surface area contributed by atoms with Crippen LogP contribution in [0.2, 0.25) is 10.0 Å². The maximum absolute atomic E-state index is 13.0. The van der Waals surface area contributed by atoms with Crippen LogP contribution in [0.5, 0.6) is 5.75 Å². The number of phenolic OH excluding ortho intramolecular Hbond substituents is 1. The van der Waals surface area contributed by atoms with E-state index < -0.39 is 0 Å². The van der Waals surface area contributed by atoms with Gasteiger partial charge in [-0.2, -0.15) is 0 Å². The van der Waals surface area contributed by atoms with Crippen molar-refractivity contribution >= 4 is 57.1 Å². The highest BCUT2D eigenvalue weighted by Gasteiger charge is 2.32. The normalized spacial score (nSPS) is 13.3. The minimum absolute atomic E-state index is 0.0391. The van der Waals surface area contributed by atoms with Crippen molar-refractivity contribution in [1.29, 1.82) is 0 Å². The van der Waals surface area contributed by atoms with E-state index in [9.17, 15) is 9.90 Å². The Hall–Kier alpha value is -3.35. The molecule has 0 amide bonds. The van der Waals surface area contributed by atoms with Crippen LogP contribution in [-0.4, -0.2) is 20.9 Å². The van der Waals surface area contributed by atoms with Crippen LogP contribution < -0.4 is 11.1 Å². The smallest absolute Gasteiger partial charge is 0.169 e. The van der Waals surface area contributed by atoms with E-state index in [2.05, 4.69) is 15.3 Å². The van der Waals surface area contributed by atoms with Gasteiger partial charge in [0.25, 0.3) is 0 Å². The van der Waals surface area contributed by atoms with Crippen LogP contribution >= 0.6 is 23.2 Å². The van der Waals surface area contributed by atoms with Crippen LogP contribution in [0.3, 0.4) is 0 Å². The lowest BCUT2D eigenvalue weighted by Gasteiger charge is -2.15. The number of nitrogens with two attached hydrogens (primary N) is 1. The number of Topliss-reactive ketones (excluding diaryl/α,β-unsaturated/α-hetero) is 1. The van der Waals surface area contributed by atoms with Gasteiger partial charge >= 0.3 is 0 Å². The number of phenols is 1. The highest BCUT2D eigenvalue weighted by atomic mass is 35.5. The number of hydrogen-bond donors (Lipinski definition) is 3. The molecule has 4 aromatic rings. The van der Waals surface area contributed by atoms with Gasteiger partial charge in [0.2, 0.25) is 0 Å². The lowest BCUT2D eigenvalue weighted by atomic mass is 9.99. The fraction of sp³-hybridized carbons (Fsp3) is 0.125. The number of halogens is 2. The Morgan fingerprint density at radius 1 is 1.00 bits per heavy atom. The summed E-state index contributed by atoms with van der Waals surface area (Å²) in [5.41, 5.74) is 9.90. The topological polar surface area (TPSA) is 101 Å². The van der Waals surface area contributed by atoms with E-state index in [1.807, 2.05) is 24.3 Å². The number of carbonyl (C=O) groups is 1. The number of aromatic nitrogens is 2. The summed E-state index contributed by atoms with van der Waals surface area (Å²) in [6.07, 6.45) is 5.04. The standard InChI is InChI=1S/C24H18Cl2N4O2/c25-18-8-14(9-19(26)24(18)32)13-3-5-20-16(7-13)22(30-15-4-6-21(27)29-10-15)17(11-28-20)23(31)12-1-2-12/h3-12,32H,1-2H2,(H2,27,29)(H,28,30). The molecule has 1 saturated carbocycles. The van der Waals surface area contributed by atoms with Crippen molar-refractivity contribution in [3.63, 3.8) is 0 Å². The second-order valence-corrected chi connectivity index (χ2v) is 8.62. The summed E-state index contributed by atoms with van der Waals surface area (Å²) in [5, 5.41) is 14.3. The van der Waals surface area contributed by atoms with Crippen LogP contribution in [0, 0.1) is 5.92 Å². The fourth-order valence-corrected chi connectivity index (χ4v) is 4.10. The largest absolute Gasteiger partial charge is 0.505 e. The summed E-state index contributed by atoms with van der Waals surface area (Å²) < 4.78 is 0. The number of fused-ring (bicyclic) bond motifs is 1. The Bertz CT molecular complexity index is 1350. The molecule has 0 spiro atoms. The molecule has 0 saturated heterocycles. The van der Waals surface area contributed by atoms with Gasteiger partial charge in [-0.1, -0.05) is 29.3 Å². The van der Waals surface area contributed by atoms with Gasteiger partial charge in [-0.05, 0) is 60.4 Å². The first-order chi connectivity index (χ1) is 15.4. The summed E-state index contributed by atoms with van der Waals surface area (Å²) in [4.78, 5) is 21.7. The molecule has 2 aromatic heterocycles. The second kappa shape index (κ2) is 7.97. The second-order valence-electron chi connectivity index (χ2n) is 7.80. The number of nitrogens with zero attached hydrogens (tertiary/aromatic N) is 2. The molecule has 1 aliphatic carbocycles. The molecule has 0 bridgehead atoms. The van der Waals surface area contributed by atoms with Gasteiger partial charge < -0.3 is 16.2 Å². The SMILES string of the molecule is Nc1ccc(Nc2c(C(=O)C3CC3)cnc3ccc(-c4cc(Cl)c(O)c(Cl)c4)cc23)cn1. The third kappa shape index (κ3) is 3.83. The number of hydrogen-bond acceptors (Lipinski definition) is 6. The summed E-state index contributed by atoms with van der Waals surface area (Å²) >= 11 is 12.3. The number of benzene rings is 2. The van der Waals surface area contributed by atoms with E-state index in [-0.39, 0.29) is 27.5 Å². The highest BCUT2D eigenvalue weighted by Crippen LogP contribution is 2.40. The number of anilines is 3. The average Bonchev–Trinajstić information content (AvgIpc) is 3.63. The Balaban J connectivity index is 1.69. The molecule has 1 aliphatic rings. The van der Waals surface area contributed by atoms with E-state index in [1.165, 1.54) is 0 Å². The predicted molar refractivity (Wildman–Crippen MR) is 128 cm³/mol. The molecule has 0 atom stereocenters. The number of carbonyl (C=O) groups excluding carboxylic acids is 1. The quantitative estimate of drug-likeness (QED) is 0.302. The highest BCUT2D eigenvalue weighted by molar-refractivity contribution is 6.37. The van der Waals surface area contributed by atoms with Crippen molar-refractivity contribution in [3.05, 3.63) is 70.5 Å². The van der Waals surface area contributed by atoms with E-state index in [4.69, 9.17) is 28.9 Å². The van der Waals surface area contributed by atoms with Crippen LogP contribution in [0.25, 0.3) is 22.0 Å². The maximum atomic E-state index is 13.0. The summed E-state index contributed by atoms with van der Waals surface area (Å²) in [6, 6.07) is 12.5. The average molecular weight is 465 g/mol. The first kappa shape index (κ1) is 20.5. The van der Waals surface area contributed by atoms with Gasteiger partial charge in [0.15, 0.2) is 11.5 Å². The zero-order valence-electron chi connectivity index (χ0n) is 16.8. The molecule has 32 heavy (non-hydrogen) atoms. The molecule has 0 radical (unpaired) electrons. The minimum atomic E-state index is -0.157. The maximum Gasteiger partial charge on any atom is 0.169 e. The number of nitrogens with one attached hydrogen (secondary N) is 1. The van der Waals surface area contributed by atoms with Crippen LogP contribution in [0.1, 0.15) is 23.2 Å². The molecule has 2 heterocycles. The number of aromatic hydroxyl groups is 1. The van der Waals surface area contributed by atoms with Gasteiger partial charge in [0.1, 0.15) is 5.82 Å². The first-order valence-electron chi connectivity index (χ1n) is 10.0. The van der Waals surface area contributed by atoms with Crippen LogP contribution in [-0.2, 0) is 0 Å². The van der Waals surface area contributed by atoms with Crippen LogP contribution in [0.15, 0.2) is 54.9 Å². The molecule has 4 N–H and O–H groups in total. The zero-order valence-corrected chi connectivity index (χ0v) is 18.3. The van der Waals surface area contributed by atoms with E-state index in [0.717, 1.165) is 34.9 Å². The van der Waals surface area contributed by atoms with Crippen molar-refractivity contribution in [3.8, 4) is 16.9 Å². The monoisotopic (exact) mass is 464 g/mol. The lowest BCUT2D eigenvalue weighted by Crippen LogP contribution is -2.07. The Kier molecular flexibility index (Phi) is 5.12. The molecule has 5 rings (SSSR count). The van der Waals surface area contributed by atoms with Crippen molar-refractivity contribution in [2.45, 2.75) is 12.8 Å². The summed E-state index contributed by atoms with van der Waals surface area (Å²) in [6.45, 7) is 0. The van der Waals surface area contributed by atoms with E-state index in [1.54, 1.807) is 30.6 Å². The number of ketones is 1. The molecular weight excluding hydrogens is 447 g/mol. The predicted octanol–water partition coefficient (Wildman–Crippen LogP) is 6.23. The van der Waals surface area contributed by atoms with E-state index in [0.29, 0.717) is 22.8 Å². The molecule has 0 aliphatic heterocycles. The van der Waals surface area contributed by atoms with Crippen LogP contribution in [0.4, 0.5) is 17.2 Å². The van der Waals surface area contributed by atoms with Gasteiger partial charge in [-0.15, -0.1) is 0 Å². The third-order valence-corrected chi connectivity index (χ3v) is 6.06. The summed E-state index contributed by atoms with van der Waals surface area (Å²) in [5.74, 6) is 0.367. The van der Waals surface area contributed by atoms with Gasteiger partial charge in [-0.3, -0.25) is 9.78 Å². The molecule has 2 aromatic carbocycles. The Morgan fingerprint density at radius 3 is 2.41 bits per heavy atom. The van der Waals surface area contributed by atoms with Crippen molar-refractivity contribution in [1.82, 2.24) is 9.97 Å². The Morgan fingerprint density at radius 2 is 1.75 bits per heavy atom. The molecule has 8 heteroatoms. The van der Waals surface area contributed by atoms with E-state index >= 15 is 0 Å². The number of pyridine rings is 2. The fourth-order valence-electron chi connectivity index (χ4n) is 3.61. The zero-order chi connectivity index (χ0) is 22.4. The molecule has 0 unspecified atom stereocenters.